The molecule has 3 unspecified atom stereocenters. The van der Waals surface area contributed by atoms with Crippen LogP contribution in [0.25, 0.3) is 0 Å². The molecular weight excluding hydrogens is 571 g/mol. The molecule has 1 heterocycles. The van der Waals surface area contributed by atoms with Gasteiger partial charge in [-0.1, -0.05) is 5.23 Å². The van der Waals surface area contributed by atoms with E-state index in [2.05, 4.69) is 14.8 Å². The van der Waals surface area contributed by atoms with Crippen LogP contribution in [-0.4, -0.2) is 106 Å². The van der Waals surface area contributed by atoms with Crippen molar-refractivity contribution in [3.63, 3.8) is 0 Å². The van der Waals surface area contributed by atoms with E-state index in [1.54, 1.807) is 0 Å². The fourth-order valence-electron chi connectivity index (χ4n) is 3.78. The number of ether oxygens (including phenoxy) is 3. The van der Waals surface area contributed by atoms with Crippen molar-refractivity contribution in [3.05, 3.63) is 29.1 Å². The van der Waals surface area contributed by atoms with E-state index in [0.29, 0.717) is 18.6 Å². The lowest BCUT2D eigenvalue weighted by Gasteiger charge is -2.41. The van der Waals surface area contributed by atoms with Crippen molar-refractivity contribution >= 4 is 17.9 Å². The molecular formula is C23H31F5N4O9. The van der Waals surface area contributed by atoms with Crippen LogP contribution in [0.5, 0.6) is 5.75 Å². The van der Waals surface area contributed by atoms with E-state index in [4.69, 9.17) is 25.7 Å². The van der Waals surface area contributed by atoms with Gasteiger partial charge in [-0.3, -0.25) is 20.2 Å². The maximum atomic E-state index is 13.6. The molecule has 0 saturated carbocycles. The first-order valence-electron chi connectivity index (χ1n) is 12.3. The highest BCUT2D eigenvalue weighted by molar-refractivity contribution is 6.30. The van der Waals surface area contributed by atoms with Gasteiger partial charge in [0, 0.05) is 6.21 Å². The molecule has 0 spiro atoms. The Morgan fingerprint density at radius 2 is 1.49 bits per heavy atom. The molecule has 41 heavy (non-hydrogen) atoms. The fraction of sp³-hybridized carbons (Fsp3) is 0.609. The van der Waals surface area contributed by atoms with Gasteiger partial charge in [-0.25, -0.2) is 13.2 Å². The summed E-state index contributed by atoms with van der Waals surface area (Å²) in [7, 11) is 0. The number of hydrazone groups is 1. The second-order valence-electron chi connectivity index (χ2n) is 8.85. The van der Waals surface area contributed by atoms with Gasteiger partial charge in [0.05, 0.1) is 50.6 Å². The maximum absolute atomic E-state index is 13.6. The molecule has 0 aromatic heterocycles. The molecule has 0 radical (unpaired) electrons. The zero-order valence-corrected chi connectivity index (χ0v) is 21.5. The Morgan fingerprint density at radius 1 is 0.902 bits per heavy atom. The highest BCUT2D eigenvalue weighted by Gasteiger charge is 2.43. The molecule has 0 bridgehead atoms. The lowest BCUT2D eigenvalue weighted by molar-refractivity contribution is -0.313. The number of halogens is 5. The first-order valence-corrected chi connectivity index (χ1v) is 12.3. The normalized spacial score (nSPS) is 23.5. The van der Waals surface area contributed by atoms with Gasteiger partial charge in [-0.15, -0.1) is 0 Å². The van der Waals surface area contributed by atoms with Crippen LogP contribution in [0.1, 0.15) is 32.1 Å². The van der Waals surface area contributed by atoms with Crippen molar-refractivity contribution in [3.8, 4) is 5.75 Å². The van der Waals surface area contributed by atoms with Gasteiger partial charge in [0.15, 0.2) is 0 Å². The Bertz CT molecular complexity index is 1050. The van der Waals surface area contributed by atoms with Crippen LogP contribution in [0.4, 0.5) is 22.0 Å². The predicted molar refractivity (Wildman–Crippen MR) is 128 cm³/mol. The smallest absolute Gasteiger partial charge is 0.313 e. The Hall–Kier alpha value is -2.84. The maximum Gasteiger partial charge on any atom is 0.313 e. The van der Waals surface area contributed by atoms with E-state index in [-0.39, 0.29) is 44.4 Å². The number of rotatable bonds is 15. The Balaban J connectivity index is 1.69. The van der Waals surface area contributed by atoms with Crippen molar-refractivity contribution in [1.29, 1.82) is 0 Å². The number of aliphatic imine (C=N–C) groups is 1. The molecule has 1 aliphatic rings. The third-order valence-electron chi connectivity index (χ3n) is 5.95. The monoisotopic (exact) mass is 602 g/mol. The van der Waals surface area contributed by atoms with Gasteiger partial charge in [-0.2, -0.15) is 13.9 Å². The quantitative estimate of drug-likeness (QED) is 0.0189. The second-order valence-corrected chi connectivity index (χ2v) is 8.85. The van der Waals surface area contributed by atoms with Crippen molar-refractivity contribution in [2.24, 2.45) is 15.9 Å². The summed E-state index contributed by atoms with van der Waals surface area (Å²) in [6.07, 6.45) is -4.41. The van der Waals surface area contributed by atoms with Crippen LogP contribution in [0.3, 0.4) is 0 Å². The van der Waals surface area contributed by atoms with Gasteiger partial charge in [0.25, 0.3) is 0 Å². The summed E-state index contributed by atoms with van der Waals surface area (Å²) in [5.74, 6) is -9.08. The summed E-state index contributed by atoms with van der Waals surface area (Å²) in [5.41, 5.74) is 0.357. The minimum absolute atomic E-state index is 0.0209. The number of nitrogens with zero attached hydrogens (tertiary/aromatic N) is 3. The van der Waals surface area contributed by atoms with Crippen molar-refractivity contribution < 1.29 is 66.7 Å². The van der Waals surface area contributed by atoms with E-state index in [0.717, 1.165) is 0 Å². The predicted octanol–water partition coefficient (Wildman–Crippen LogP) is 0.571. The summed E-state index contributed by atoms with van der Waals surface area (Å²) in [5, 5.41) is 51.5. The summed E-state index contributed by atoms with van der Waals surface area (Å²) >= 11 is 0. The zero-order chi connectivity index (χ0) is 30.7. The Labute approximate surface area is 230 Å². The summed E-state index contributed by atoms with van der Waals surface area (Å²) in [4.78, 5) is 15.7. The van der Waals surface area contributed by atoms with Crippen molar-refractivity contribution in [2.45, 2.75) is 62.6 Å². The zero-order valence-electron chi connectivity index (χ0n) is 21.5. The van der Waals surface area contributed by atoms with Crippen LogP contribution < -0.4 is 10.6 Å². The van der Waals surface area contributed by atoms with Crippen LogP contribution in [0.2, 0.25) is 0 Å². The number of carbonyl (C=O) groups is 1. The topological polar surface area (TPSA) is 200 Å². The second kappa shape index (κ2) is 16.6. The van der Waals surface area contributed by atoms with Gasteiger partial charge in [0.2, 0.25) is 34.8 Å². The van der Waals surface area contributed by atoms with E-state index < -0.39 is 77.7 Å². The molecule has 2 rings (SSSR count). The van der Waals surface area contributed by atoms with Crippen LogP contribution in [-0.2, 0) is 14.3 Å². The number of esters is 1. The third-order valence-corrected chi connectivity index (χ3v) is 5.95. The first kappa shape index (κ1) is 34.4. The number of benzene rings is 1. The van der Waals surface area contributed by atoms with Crippen LogP contribution in [0, 0.1) is 29.1 Å². The fourth-order valence-corrected chi connectivity index (χ4v) is 3.78. The highest BCUT2D eigenvalue weighted by atomic mass is 19.2. The van der Waals surface area contributed by atoms with E-state index in [9.17, 15) is 42.1 Å². The van der Waals surface area contributed by atoms with Gasteiger partial charge in [-0.05, 0) is 25.7 Å². The number of hydroxylamine groups is 2. The molecule has 5 atom stereocenters. The SMILES string of the molecule is N/N=C(\C=NCCOCCC(=O)Oc1c(F)c(F)c(F)c(F)c1F)CCC[C@H]1OC(CCN(O)O)[C@@H](O)C(O)C1O. The lowest BCUT2D eigenvalue weighted by Crippen LogP contribution is -2.57. The number of carbonyl (C=O) groups excluding carboxylic acids is 1. The molecule has 1 aliphatic heterocycles. The van der Waals surface area contributed by atoms with Crippen molar-refractivity contribution in [1.82, 2.24) is 5.23 Å². The summed E-state index contributed by atoms with van der Waals surface area (Å²) in [6, 6.07) is 0. The molecule has 7 N–H and O–H groups in total. The number of nitrogens with two attached hydrogens (primary N) is 1. The minimum atomic E-state index is -2.38. The molecule has 0 amide bonds. The molecule has 13 nitrogen and oxygen atoms in total. The molecule has 1 aromatic carbocycles. The number of hydrogen-bond acceptors (Lipinski definition) is 13. The molecule has 1 aromatic rings. The van der Waals surface area contributed by atoms with E-state index in [1.165, 1.54) is 6.21 Å². The minimum Gasteiger partial charge on any atom is -0.420 e. The molecule has 1 saturated heterocycles. The lowest BCUT2D eigenvalue weighted by atomic mass is 9.91. The highest BCUT2D eigenvalue weighted by Crippen LogP contribution is 2.29. The molecule has 232 valence electrons. The molecule has 1 fully saturated rings. The van der Waals surface area contributed by atoms with Crippen LogP contribution >= 0.6 is 0 Å². The van der Waals surface area contributed by atoms with Gasteiger partial charge in [0.1, 0.15) is 18.3 Å². The average molecular weight is 603 g/mol. The summed E-state index contributed by atoms with van der Waals surface area (Å²) in [6.45, 7) is -0.507. The van der Waals surface area contributed by atoms with E-state index in [1.807, 2.05) is 0 Å². The first-order chi connectivity index (χ1) is 19.4. The molecule has 18 heteroatoms. The number of aliphatic hydroxyl groups is 3. The van der Waals surface area contributed by atoms with Gasteiger partial charge < -0.3 is 35.4 Å². The standard InChI is InChI=1S/C23H31F5N4O9/c24-15-16(25)18(27)23(19(28)17(15)26)41-14(33)5-8-39-9-6-30-10-11(31-29)2-1-3-12-20(34)22(36)21(35)13(40-12)4-7-32(37)38/h10,12-13,20-22,34-38H,1-9,29H2/b30-10?,31-11-/t12-,13?,20?,21-,22?/m1/s1. The number of hydrogen-bond donors (Lipinski definition) is 6. The van der Waals surface area contributed by atoms with Crippen molar-refractivity contribution in [2.75, 3.05) is 26.3 Å². The molecule has 0 aliphatic carbocycles. The largest absolute Gasteiger partial charge is 0.420 e. The Morgan fingerprint density at radius 3 is 2.07 bits per heavy atom. The average Bonchev–Trinajstić information content (AvgIpc) is 2.94. The Kier molecular flexibility index (Phi) is 13.9. The van der Waals surface area contributed by atoms with E-state index >= 15 is 0 Å². The number of aliphatic hydroxyl groups excluding tert-OH is 3. The third kappa shape index (κ3) is 9.89. The van der Waals surface area contributed by atoms with Gasteiger partial charge >= 0.3 is 5.97 Å². The van der Waals surface area contributed by atoms with Crippen LogP contribution in [0.15, 0.2) is 10.1 Å². The summed E-state index contributed by atoms with van der Waals surface area (Å²) < 4.78 is 81.4.